The molecule has 0 fully saturated rings. The Hall–Kier alpha value is -1.16. The number of rotatable bonds is 3. The van der Waals surface area contributed by atoms with Gasteiger partial charge in [0.15, 0.2) is 0 Å². The van der Waals surface area contributed by atoms with E-state index in [2.05, 4.69) is 0 Å². The number of primary amides is 1. The molecule has 1 aliphatic carbocycles. The highest BCUT2D eigenvalue weighted by atomic mass is 19.1. The molecule has 1 aliphatic rings. The summed E-state index contributed by atoms with van der Waals surface area (Å²) in [5.74, 6) is -0.588. The number of carbonyl (C=O) groups is 1. The summed E-state index contributed by atoms with van der Waals surface area (Å²) in [4.78, 5) is 11.0. The number of methoxy groups -OCH3 is 1. The average molecular weight is 199 g/mol. The largest absolute Gasteiger partial charge is 0.374 e. The molecule has 0 aromatic rings. The highest BCUT2D eigenvalue weighted by Gasteiger charge is 2.25. The molecule has 2 unspecified atom stereocenters. The molecule has 1 rings (SSSR count). The zero-order chi connectivity index (χ0) is 10.7. The van der Waals surface area contributed by atoms with Crippen LogP contribution in [-0.4, -0.2) is 25.3 Å². The van der Waals surface area contributed by atoms with Crippen LogP contribution >= 0.6 is 0 Å². The normalized spacial score (nSPS) is 26.8. The standard InChI is InChI=1S/C10H14FNO2/c1-3-6-4-9(14-2)8(11)5-7(6)10(12)13/h4-5,8-9H,3H2,1-2H3,(H2,12,13). The molecule has 0 aromatic heterocycles. The van der Waals surface area contributed by atoms with Crippen molar-refractivity contribution in [3.63, 3.8) is 0 Å². The lowest BCUT2D eigenvalue weighted by Crippen LogP contribution is -2.28. The van der Waals surface area contributed by atoms with E-state index in [1.165, 1.54) is 13.2 Å². The SMILES string of the molecule is CCC1=CC(OC)C(F)C=C1C(N)=O. The van der Waals surface area contributed by atoms with Crippen LogP contribution in [0.4, 0.5) is 4.39 Å². The summed E-state index contributed by atoms with van der Waals surface area (Å²) < 4.78 is 18.2. The number of carbonyl (C=O) groups excluding carboxylic acids is 1. The van der Waals surface area contributed by atoms with Crippen LogP contribution in [-0.2, 0) is 9.53 Å². The van der Waals surface area contributed by atoms with Crippen LogP contribution in [0.1, 0.15) is 13.3 Å². The first-order valence-corrected chi connectivity index (χ1v) is 4.49. The van der Waals surface area contributed by atoms with Crippen LogP contribution in [0.15, 0.2) is 23.3 Å². The van der Waals surface area contributed by atoms with Gasteiger partial charge in [-0.25, -0.2) is 4.39 Å². The molecule has 0 radical (unpaired) electrons. The minimum Gasteiger partial charge on any atom is -0.374 e. The maximum atomic E-state index is 13.3. The van der Waals surface area contributed by atoms with E-state index < -0.39 is 18.2 Å². The van der Waals surface area contributed by atoms with Gasteiger partial charge >= 0.3 is 0 Å². The second-order valence-electron chi connectivity index (χ2n) is 3.13. The number of amides is 1. The van der Waals surface area contributed by atoms with Gasteiger partial charge in [-0.1, -0.05) is 6.92 Å². The molecule has 3 nitrogen and oxygen atoms in total. The fraction of sp³-hybridized carbons (Fsp3) is 0.500. The number of hydrogen-bond acceptors (Lipinski definition) is 2. The number of hydrogen-bond donors (Lipinski definition) is 1. The summed E-state index contributed by atoms with van der Waals surface area (Å²) in [7, 11) is 1.43. The Kier molecular flexibility index (Phi) is 3.41. The van der Waals surface area contributed by atoms with Crippen molar-refractivity contribution in [3.05, 3.63) is 23.3 Å². The Morgan fingerprint density at radius 1 is 1.64 bits per heavy atom. The molecular weight excluding hydrogens is 185 g/mol. The summed E-state index contributed by atoms with van der Waals surface area (Å²) in [5.41, 5.74) is 6.15. The van der Waals surface area contributed by atoms with Gasteiger partial charge in [-0.05, 0) is 24.1 Å². The first-order chi connectivity index (χ1) is 6.60. The number of ether oxygens (including phenoxy) is 1. The van der Waals surface area contributed by atoms with Gasteiger partial charge in [-0.15, -0.1) is 0 Å². The Morgan fingerprint density at radius 3 is 2.71 bits per heavy atom. The van der Waals surface area contributed by atoms with Gasteiger partial charge < -0.3 is 10.5 Å². The molecule has 0 aliphatic heterocycles. The van der Waals surface area contributed by atoms with Crippen molar-refractivity contribution in [2.24, 2.45) is 5.73 Å². The van der Waals surface area contributed by atoms with E-state index in [0.29, 0.717) is 6.42 Å². The van der Waals surface area contributed by atoms with E-state index in [4.69, 9.17) is 10.5 Å². The minimum atomic E-state index is -1.29. The predicted octanol–water partition coefficient (Wildman–Crippen LogP) is 1.10. The van der Waals surface area contributed by atoms with Gasteiger partial charge in [0.05, 0.1) is 0 Å². The molecule has 0 spiro atoms. The van der Waals surface area contributed by atoms with Crippen LogP contribution in [0.2, 0.25) is 0 Å². The predicted molar refractivity (Wildman–Crippen MR) is 51.3 cm³/mol. The molecule has 14 heavy (non-hydrogen) atoms. The third-order valence-corrected chi connectivity index (χ3v) is 2.27. The van der Waals surface area contributed by atoms with Crippen molar-refractivity contribution in [2.45, 2.75) is 25.6 Å². The van der Waals surface area contributed by atoms with Crippen molar-refractivity contribution >= 4 is 5.91 Å². The smallest absolute Gasteiger partial charge is 0.248 e. The van der Waals surface area contributed by atoms with Gasteiger partial charge in [0.1, 0.15) is 12.3 Å². The molecule has 0 heterocycles. The van der Waals surface area contributed by atoms with Crippen molar-refractivity contribution < 1.29 is 13.9 Å². The third-order valence-electron chi connectivity index (χ3n) is 2.27. The summed E-state index contributed by atoms with van der Waals surface area (Å²) in [5, 5.41) is 0. The maximum absolute atomic E-state index is 13.3. The van der Waals surface area contributed by atoms with Crippen LogP contribution in [0.3, 0.4) is 0 Å². The lowest BCUT2D eigenvalue weighted by Gasteiger charge is -2.21. The van der Waals surface area contributed by atoms with Crippen LogP contribution in [0, 0.1) is 0 Å². The maximum Gasteiger partial charge on any atom is 0.248 e. The molecule has 2 atom stereocenters. The summed E-state index contributed by atoms with van der Waals surface area (Å²) in [6.07, 6.45) is 1.59. The van der Waals surface area contributed by atoms with E-state index in [9.17, 15) is 9.18 Å². The fourth-order valence-corrected chi connectivity index (χ4v) is 1.49. The summed E-state index contributed by atoms with van der Waals surface area (Å²) in [6.45, 7) is 1.88. The van der Waals surface area contributed by atoms with Gasteiger partial charge in [-0.2, -0.15) is 0 Å². The molecule has 0 bridgehead atoms. The van der Waals surface area contributed by atoms with Crippen molar-refractivity contribution in [1.29, 1.82) is 0 Å². The van der Waals surface area contributed by atoms with Gasteiger partial charge in [0.25, 0.3) is 0 Å². The Bertz CT molecular complexity index is 296. The Morgan fingerprint density at radius 2 is 2.29 bits per heavy atom. The number of nitrogens with two attached hydrogens (primary N) is 1. The molecule has 0 saturated carbocycles. The average Bonchev–Trinajstić information content (AvgIpc) is 2.17. The zero-order valence-corrected chi connectivity index (χ0v) is 8.29. The van der Waals surface area contributed by atoms with Crippen LogP contribution in [0.5, 0.6) is 0 Å². The van der Waals surface area contributed by atoms with Crippen molar-refractivity contribution in [2.75, 3.05) is 7.11 Å². The van der Waals surface area contributed by atoms with Gasteiger partial charge in [0.2, 0.25) is 5.91 Å². The highest BCUT2D eigenvalue weighted by molar-refractivity contribution is 5.96. The topological polar surface area (TPSA) is 52.3 Å². The summed E-state index contributed by atoms with van der Waals surface area (Å²) in [6, 6.07) is 0. The summed E-state index contributed by atoms with van der Waals surface area (Å²) >= 11 is 0. The highest BCUT2D eigenvalue weighted by Crippen LogP contribution is 2.24. The fourth-order valence-electron chi connectivity index (χ4n) is 1.49. The molecule has 4 heteroatoms. The van der Waals surface area contributed by atoms with Crippen molar-refractivity contribution in [3.8, 4) is 0 Å². The lowest BCUT2D eigenvalue weighted by molar-refractivity contribution is -0.114. The van der Waals surface area contributed by atoms with Crippen molar-refractivity contribution in [1.82, 2.24) is 0 Å². The van der Waals surface area contributed by atoms with Gasteiger partial charge in [0, 0.05) is 12.7 Å². The first-order valence-electron chi connectivity index (χ1n) is 4.49. The van der Waals surface area contributed by atoms with Crippen LogP contribution in [0.25, 0.3) is 0 Å². The molecule has 0 saturated heterocycles. The van der Waals surface area contributed by atoms with E-state index in [0.717, 1.165) is 5.57 Å². The monoisotopic (exact) mass is 199 g/mol. The second kappa shape index (κ2) is 4.37. The Balaban J connectivity index is 2.98. The van der Waals surface area contributed by atoms with Gasteiger partial charge in [-0.3, -0.25) is 4.79 Å². The molecular formula is C10H14FNO2. The first kappa shape index (κ1) is 10.9. The third kappa shape index (κ3) is 2.01. The van der Waals surface area contributed by atoms with E-state index in [-0.39, 0.29) is 5.57 Å². The molecule has 1 amide bonds. The number of halogens is 1. The lowest BCUT2D eigenvalue weighted by atomic mass is 9.93. The van der Waals surface area contributed by atoms with E-state index in [1.54, 1.807) is 6.08 Å². The quantitative estimate of drug-likeness (QED) is 0.740. The Labute approximate surface area is 82.4 Å². The second-order valence-corrected chi connectivity index (χ2v) is 3.13. The van der Waals surface area contributed by atoms with E-state index >= 15 is 0 Å². The number of alkyl halides is 1. The molecule has 78 valence electrons. The van der Waals surface area contributed by atoms with E-state index in [1.807, 2.05) is 6.92 Å². The van der Waals surface area contributed by atoms with Crippen LogP contribution < -0.4 is 5.73 Å². The molecule has 0 aromatic carbocycles. The molecule has 2 N–H and O–H groups in total. The zero-order valence-electron chi connectivity index (χ0n) is 8.29. The minimum absolute atomic E-state index is 0.272.